The second-order valence-electron chi connectivity index (χ2n) is 4.08. The van der Waals surface area contributed by atoms with E-state index < -0.39 is 22.0 Å². The van der Waals surface area contributed by atoms with Crippen molar-refractivity contribution < 1.29 is 13.2 Å². The predicted octanol–water partition coefficient (Wildman–Crippen LogP) is 0.260. The summed E-state index contributed by atoms with van der Waals surface area (Å²) in [5, 5.41) is 0. The van der Waals surface area contributed by atoms with Crippen LogP contribution in [-0.4, -0.2) is 25.4 Å². The van der Waals surface area contributed by atoms with Gasteiger partial charge in [-0.2, -0.15) is 4.72 Å². The van der Waals surface area contributed by atoms with Gasteiger partial charge in [0.15, 0.2) is 0 Å². The van der Waals surface area contributed by atoms with Crippen LogP contribution >= 0.6 is 0 Å². The van der Waals surface area contributed by atoms with Gasteiger partial charge in [0.1, 0.15) is 10.9 Å². The molecule has 1 amide bonds. The normalized spacial score (nSPS) is 15.0. The van der Waals surface area contributed by atoms with E-state index in [4.69, 9.17) is 5.73 Å². The number of nitrogens with one attached hydrogen (secondary N) is 1. The number of hydrogen-bond acceptors (Lipinski definition) is 4. The molecule has 3 N–H and O–H groups in total. The highest BCUT2D eigenvalue weighted by Gasteiger charge is 2.27. The summed E-state index contributed by atoms with van der Waals surface area (Å²) in [6, 6.07) is 2.00. The van der Waals surface area contributed by atoms with Crippen molar-refractivity contribution >= 4 is 15.9 Å². The summed E-state index contributed by atoms with van der Waals surface area (Å²) < 4.78 is 26.3. The molecule has 100 valence electrons. The van der Waals surface area contributed by atoms with Crippen LogP contribution < -0.4 is 10.5 Å². The van der Waals surface area contributed by atoms with Gasteiger partial charge in [-0.3, -0.25) is 9.78 Å². The second-order valence-corrected chi connectivity index (χ2v) is 5.79. The molecule has 0 fully saturated rings. The number of primary amides is 1. The van der Waals surface area contributed by atoms with E-state index >= 15 is 0 Å². The van der Waals surface area contributed by atoms with E-state index in [0.29, 0.717) is 6.42 Å². The molecule has 0 radical (unpaired) electrons. The summed E-state index contributed by atoms with van der Waals surface area (Å²) >= 11 is 0. The van der Waals surface area contributed by atoms with Gasteiger partial charge in [0, 0.05) is 12.4 Å². The van der Waals surface area contributed by atoms with Crippen LogP contribution in [0.4, 0.5) is 0 Å². The molecule has 0 saturated heterocycles. The van der Waals surface area contributed by atoms with Crippen LogP contribution in [0.25, 0.3) is 0 Å². The van der Waals surface area contributed by atoms with Crippen LogP contribution in [0.1, 0.15) is 20.3 Å². The topological polar surface area (TPSA) is 102 Å². The lowest BCUT2D eigenvalue weighted by molar-refractivity contribution is -0.120. The van der Waals surface area contributed by atoms with Crippen LogP contribution in [0.5, 0.6) is 0 Å². The van der Waals surface area contributed by atoms with Crippen LogP contribution in [0.15, 0.2) is 29.4 Å². The van der Waals surface area contributed by atoms with Gasteiger partial charge in [0.05, 0.1) is 0 Å². The van der Waals surface area contributed by atoms with Gasteiger partial charge in [-0.15, -0.1) is 0 Å². The Balaban J connectivity index is 2.97. The van der Waals surface area contributed by atoms with Crippen molar-refractivity contribution in [1.82, 2.24) is 9.71 Å². The van der Waals surface area contributed by atoms with Crippen molar-refractivity contribution in [3.63, 3.8) is 0 Å². The Bertz CT molecular complexity index is 502. The molecule has 1 aromatic heterocycles. The average Bonchev–Trinajstić information content (AvgIpc) is 2.36. The maximum absolute atomic E-state index is 12.0. The predicted molar refractivity (Wildman–Crippen MR) is 67.0 cm³/mol. The zero-order chi connectivity index (χ0) is 13.8. The highest BCUT2D eigenvalue weighted by molar-refractivity contribution is 7.89. The molecule has 1 heterocycles. The maximum atomic E-state index is 12.0. The molecule has 0 aliphatic carbocycles. The van der Waals surface area contributed by atoms with E-state index in [1.165, 1.54) is 24.5 Å². The molecule has 18 heavy (non-hydrogen) atoms. The van der Waals surface area contributed by atoms with E-state index in [2.05, 4.69) is 9.71 Å². The number of hydrogen-bond donors (Lipinski definition) is 2. The molecule has 0 saturated carbocycles. The largest absolute Gasteiger partial charge is 0.368 e. The molecule has 0 spiro atoms. The van der Waals surface area contributed by atoms with Crippen molar-refractivity contribution in [2.75, 3.05) is 0 Å². The van der Waals surface area contributed by atoms with Gasteiger partial charge >= 0.3 is 0 Å². The van der Waals surface area contributed by atoms with Crippen LogP contribution in [0.2, 0.25) is 0 Å². The standard InChI is InChI=1S/C11H17N3O3S/c1-3-8(2)10(11(12)15)14-18(16,17)9-5-4-6-13-7-9/h4-8,10,14H,3H2,1-2H3,(H2,12,15)/t8-,10+/m1/s1. The fourth-order valence-electron chi connectivity index (χ4n) is 1.43. The molecule has 0 unspecified atom stereocenters. The quantitative estimate of drug-likeness (QED) is 0.774. The fraction of sp³-hybridized carbons (Fsp3) is 0.455. The Hall–Kier alpha value is -1.47. The Morgan fingerprint density at radius 1 is 1.56 bits per heavy atom. The SMILES string of the molecule is CC[C@@H](C)[C@H](NS(=O)(=O)c1cccnc1)C(N)=O. The van der Waals surface area contributed by atoms with E-state index in [1.807, 2.05) is 6.92 Å². The lowest BCUT2D eigenvalue weighted by Gasteiger charge is -2.20. The smallest absolute Gasteiger partial charge is 0.242 e. The maximum Gasteiger partial charge on any atom is 0.242 e. The Morgan fingerprint density at radius 2 is 2.22 bits per heavy atom. The number of amides is 1. The van der Waals surface area contributed by atoms with Gasteiger partial charge in [-0.25, -0.2) is 8.42 Å². The van der Waals surface area contributed by atoms with Crippen LogP contribution in [-0.2, 0) is 14.8 Å². The van der Waals surface area contributed by atoms with Crippen LogP contribution in [0, 0.1) is 5.92 Å². The van der Waals surface area contributed by atoms with Gasteiger partial charge in [0.2, 0.25) is 15.9 Å². The van der Waals surface area contributed by atoms with Crippen molar-refractivity contribution in [3.05, 3.63) is 24.5 Å². The van der Waals surface area contributed by atoms with E-state index in [-0.39, 0.29) is 10.8 Å². The lowest BCUT2D eigenvalue weighted by atomic mass is 10.00. The number of pyridine rings is 1. The number of carbonyl (C=O) groups excluding carboxylic acids is 1. The Labute approximate surface area is 107 Å². The summed E-state index contributed by atoms with van der Waals surface area (Å²) in [4.78, 5) is 15.0. The lowest BCUT2D eigenvalue weighted by Crippen LogP contribution is -2.48. The first-order chi connectivity index (χ1) is 8.38. The molecule has 7 heteroatoms. The van der Waals surface area contributed by atoms with Gasteiger partial charge in [-0.1, -0.05) is 20.3 Å². The zero-order valence-corrected chi connectivity index (χ0v) is 11.1. The van der Waals surface area contributed by atoms with Crippen molar-refractivity contribution in [1.29, 1.82) is 0 Å². The number of rotatable bonds is 6. The first-order valence-electron chi connectivity index (χ1n) is 5.60. The van der Waals surface area contributed by atoms with Gasteiger partial charge in [0.25, 0.3) is 0 Å². The molecule has 0 bridgehead atoms. The summed E-state index contributed by atoms with van der Waals surface area (Å²) in [5.74, 6) is -0.856. The summed E-state index contributed by atoms with van der Waals surface area (Å²) in [5.41, 5.74) is 5.22. The Morgan fingerprint density at radius 3 is 2.67 bits per heavy atom. The molecule has 0 aromatic carbocycles. The third-order valence-corrected chi connectivity index (χ3v) is 4.17. The number of nitrogens with two attached hydrogens (primary N) is 1. The highest BCUT2D eigenvalue weighted by Crippen LogP contribution is 2.12. The molecule has 1 rings (SSSR count). The minimum absolute atomic E-state index is 0.0135. The minimum atomic E-state index is -3.77. The summed E-state index contributed by atoms with van der Waals surface area (Å²) in [7, 11) is -3.77. The summed E-state index contributed by atoms with van der Waals surface area (Å²) in [6.07, 6.45) is 3.33. The number of sulfonamides is 1. The van der Waals surface area contributed by atoms with Gasteiger partial charge in [-0.05, 0) is 18.1 Å². The monoisotopic (exact) mass is 271 g/mol. The molecular formula is C11H17N3O3S. The first kappa shape index (κ1) is 14.6. The molecule has 1 aromatic rings. The van der Waals surface area contributed by atoms with Crippen LogP contribution in [0.3, 0.4) is 0 Å². The van der Waals surface area contributed by atoms with Gasteiger partial charge < -0.3 is 5.73 Å². The van der Waals surface area contributed by atoms with E-state index in [0.717, 1.165) is 0 Å². The number of nitrogens with zero attached hydrogens (tertiary/aromatic N) is 1. The number of carbonyl (C=O) groups is 1. The van der Waals surface area contributed by atoms with E-state index in [9.17, 15) is 13.2 Å². The third kappa shape index (κ3) is 3.51. The molecule has 6 nitrogen and oxygen atoms in total. The average molecular weight is 271 g/mol. The van der Waals surface area contributed by atoms with Crippen molar-refractivity contribution in [3.8, 4) is 0 Å². The van der Waals surface area contributed by atoms with Crippen molar-refractivity contribution in [2.24, 2.45) is 11.7 Å². The highest BCUT2D eigenvalue weighted by atomic mass is 32.2. The fourth-order valence-corrected chi connectivity index (χ4v) is 2.71. The van der Waals surface area contributed by atoms with Crippen molar-refractivity contribution in [2.45, 2.75) is 31.2 Å². The second kappa shape index (κ2) is 5.92. The van der Waals surface area contributed by atoms with E-state index in [1.54, 1.807) is 6.92 Å². The molecule has 2 atom stereocenters. The molecular weight excluding hydrogens is 254 g/mol. The zero-order valence-electron chi connectivity index (χ0n) is 10.3. The summed E-state index contributed by atoms with van der Waals surface area (Å²) in [6.45, 7) is 3.63. The molecule has 0 aliphatic rings. The molecule has 0 aliphatic heterocycles. The minimum Gasteiger partial charge on any atom is -0.368 e. The Kier molecular flexibility index (Phi) is 4.80. The first-order valence-corrected chi connectivity index (χ1v) is 7.08. The third-order valence-electron chi connectivity index (χ3n) is 2.75. The number of aromatic nitrogens is 1.